The smallest absolute Gasteiger partial charge is 0.130 e. The summed E-state index contributed by atoms with van der Waals surface area (Å²) in [4.78, 5) is 4.94. The van der Waals surface area contributed by atoms with Crippen LogP contribution in [0, 0.1) is 0 Å². The van der Waals surface area contributed by atoms with Crippen molar-refractivity contribution in [3.8, 4) is 5.75 Å². The fourth-order valence-corrected chi connectivity index (χ4v) is 1.05. The highest BCUT2D eigenvalue weighted by Gasteiger charge is 1.98. The van der Waals surface area contributed by atoms with E-state index in [1.165, 1.54) is 0 Å². The maximum absolute atomic E-state index is 9.28. The summed E-state index contributed by atoms with van der Waals surface area (Å²) in [7, 11) is 1.69. The van der Waals surface area contributed by atoms with Crippen molar-refractivity contribution in [3.63, 3.8) is 0 Å². The Morgan fingerprint density at radius 1 is 1.58 bits per heavy atom. The van der Waals surface area contributed by atoms with Crippen molar-refractivity contribution in [2.45, 2.75) is 6.61 Å². The number of phenols is 1. The third-order valence-electron chi connectivity index (χ3n) is 1.39. The molecule has 2 N–H and O–H groups in total. The van der Waals surface area contributed by atoms with Crippen LogP contribution in [0.5, 0.6) is 5.75 Å². The Morgan fingerprint density at radius 2 is 2.33 bits per heavy atom. The summed E-state index contributed by atoms with van der Waals surface area (Å²) in [6.07, 6.45) is 0. The molecule has 0 aliphatic heterocycles. The van der Waals surface area contributed by atoms with Gasteiger partial charge in [-0.15, -0.1) is 0 Å². The Balaban J connectivity index is 2.69. The molecule has 0 bridgehead atoms. The largest absolute Gasteiger partial charge is 0.507 e. The highest BCUT2D eigenvalue weighted by Crippen LogP contribution is 2.24. The van der Waals surface area contributed by atoms with Crippen LogP contribution in [0.1, 0.15) is 5.56 Å². The first-order valence-corrected chi connectivity index (χ1v) is 4.29. The van der Waals surface area contributed by atoms with Crippen LogP contribution < -0.4 is 5.48 Å². The molecule has 12 heavy (non-hydrogen) atoms. The van der Waals surface area contributed by atoms with Crippen molar-refractivity contribution in [1.82, 2.24) is 5.48 Å². The van der Waals surface area contributed by atoms with E-state index in [1.54, 1.807) is 19.2 Å². The molecule has 0 heterocycles. The van der Waals surface area contributed by atoms with Gasteiger partial charge in [0.25, 0.3) is 0 Å². The van der Waals surface area contributed by atoms with E-state index in [2.05, 4.69) is 21.4 Å². The van der Waals surface area contributed by atoms with Crippen LogP contribution in [0.15, 0.2) is 22.7 Å². The zero-order valence-electron chi connectivity index (χ0n) is 6.67. The van der Waals surface area contributed by atoms with E-state index in [1.807, 2.05) is 6.07 Å². The minimum Gasteiger partial charge on any atom is -0.507 e. The predicted octanol–water partition coefficient (Wildman–Crippen LogP) is 1.81. The number of hydrogen-bond donors (Lipinski definition) is 2. The summed E-state index contributed by atoms with van der Waals surface area (Å²) >= 11 is 3.19. The average molecular weight is 232 g/mol. The SMILES string of the molecule is CNOCc1ccc(Br)c(O)c1. The van der Waals surface area contributed by atoms with Crippen LogP contribution in [-0.2, 0) is 11.4 Å². The highest BCUT2D eigenvalue weighted by molar-refractivity contribution is 9.10. The number of rotatable bonds is 3. The summed E-state index contributed by atoms with van der Waals surface area (Å²) in [6, 6.07) is 5.31. The molecule has 0 spiro atoms. The number of phenolic OH excluding ortho intramolecular Hbond substituents is 1. The molecule has 0 aliphatic carbocycles. The van der Waals surface area contributed by atoms with Crippen LogP contribution in [-0.4, -0.2) is 12.2 Å². The summed E-state index contributed by atoms with van der Waals surface area (Å²) in [5, 5.41) is 9.28. The van der Waals surface area contributed by atoms with Crippen molar-refractivity contribution in [2.24, 2.45) is 0 Å². The highest BCUT2D eigenvalue weighted by atomic mass is 79.9. The molecule has 0 unspecified atom stereocenters. The van der Waals surface area contributed by atoms with Crippen LogP contribution in [0.2, 0.25) is 0 Å². The number of nitrogens with one attached hydrogen (secondary N) is 1. The van der Waals surface area contributed by atoms with Crippen molar-refractivity contribution < 1.29 is 9.94 Å². The van der Waals surface area contributed by atoms with Crippen molar-refractivity contribution in [1.29, 1.82) is 0 Å². The van der Waals surface area contributed by atoms with Gasteiger partial charge in [0.2, 0.25) is 0 Å². The van der Waals surface area contributed by atoms with Crippen LogP contribution in [0.3, 0.4) is 0 Å². The summed E-state index contributed by atoms with van der Waals surface area (Å²) in [5.74, 6) is 0.229. The third kappa shape index (κ3) is 2.48. The van der Waals surface area contributed by atoms with Crippen LogP contribution >= 0.6 is 15.9 Å². The van der Waals surface area contributed by atoms with Gasteiger partial charge in [-0.1, -0.05) is 6.07 Å². The Labute approximate surface area is 79.4 Å². The Morgan fingerprint density at radius 3 is 2.92 bits per heavy atom. The Kier molecular flexibility index (Phi) is 3.52. The standard InChI is InChI=1S/C8H10BrNO2/c1-10-12-5-6-2-3-7(9)8(11)4-6/h2-4,10-11H,5H2,1H3. The Hall–Kier alpha value is -0.580. The minimum absolute atomic E-state index is 0.229. The molecule has 0 saturated carbocycles. The van der Waals surface area contributed by atoms with E-state index in [4.69, 9.17) is 4.84 Å². The van der Waals surface area contributed by atoms with Gasteiger partial charge in [-0.3, -0.25) is 4.84 Å². The molecular formula is C8H10BrNO2. The van der Waals surface area contributed by atoms with Crippen molar-refractivity contribution in [2.75, 3.05) is 7.05 Å². The minimum atomic E-state index is 0.229. The van der Waals surface area contributed by atoms with E-state index in [-0.39, 0.29) is 5.75 Å². The lowest BCUT2D eigenvalue weighted by Crippen LogP contribution is -2.06. The summed E-state index contributed by atoms with van der Waals surface area (Å²) in [5.41, 5.74) is 3.48. The molecule has 4 heteroatoms. The molecule has 0 amide bonds. The first kappa shape index (κ1) is 9.51. The van der Waals surface area contributed by atoms with Crippen molar-refractivity contribution >= 4 is 15.9 Å². The maximum atomic E-state index is 9.28. The van der Waals surface area contributed by atoms with E-state index in [0.717, 1.165) is 5.56 Å². The topological polar surface area (TPSA) is 41.5 Å². The molecule has 3 nitrogen and oxygen atoms in total. The molecule has 0 radical (unpaired) electrons. The average Bonchev–Trinajstić information content (AvgIpc) is 2.07. The van der Waals surface area contributed by atoms with E-state index in [9.17, 15) is 5.11 Å². The van der Waals surface area contributed by atoms with Gasteiger partial charge < -0.3 is 5.11 Å². The van der Waals surface area contributed by atoms with Crippen LogP contribution in [0.25, 0.3) is 0 Å². The van der Waals surface area contributed by atoms with Gasteiger partial charge in [-0.05, 0) is 33.6 Å². The predicted molar refractivity (Wildman–Crippen MR) is 49.7 cm³/mol. The fraction of sp³-hybridized carbons (Fsp3) is 0.250. The summed E-state index contributed by atoms with van der Waals surface area (Å²) in [6.45, 7) is 0.442. The second kappa shape index (κ2) is 4.45. The monoisotopic (exact) mass is 231 g/mol. The molecular weight excluding hydrogens is 222 g/mol. The zero-order chi connectivity index (χ0) is 8.97. The lowest BCUT2D eigenvalue weighted by atomic mass is 10.2. The first-order valence-electron chi connectivity index (χ1n) is 3.50. The van der Waals surface area contributed by atoms with Crippen LogP contribution in [0.4, 0.5) is 0 Å². The van der Waals surface area contributed by atoms with Gasteiger partial charge in [0.15, 0.2) is 0 Å². The zero-order valence-corrected chi connectivity index (χ0v) is 8.26. The van der Waals surface area contributed by atoms with Gasteiger partial charge >= 0.3 is 0 Å². The van der Waals surface area contributed by atoms with Gasteiger partial charge in [0.1, 0.15) is 5.75 Å². The van der Waals surface area contributed by atoms with E-state index in [0.29, 0.717) is 11.1 Å². The molecule has 0 aliphatic rings. The fourth-order valence-electron chi connectivity index (χ4n) is 0.804. The second-order valence-electron chi connectivity index (χ2n) is 2.28. The quantitative estimate of drug-likeness (QED) is 0.781. The maximum Gasteiger partial charge on any atom is 0.130 e. The molecule has 0 atom stereocenters. The summed E-state index contributed by atoms with van der Waals surface area (Å²) < 4.78 is 0.690. The number of halogens is 1. The molecule has 1 rings (SSSR count). The molecule has 1 aromatic rings. The van der Waals surface area contributed by atoms with E-state index >= 15 is 0 Å². The molecule has 0 saturated heterocycles. The number of hydroxylamine groups is 1. The first-order chi connectivity index (χ1) is 5.74. The van der Waals surface area contributed by atoms with E-state index < -0.39 is 0 Å². The van der Waals surface area contributed by atoms with Gasteiger partial charge in [0.05, 0.1) is 11.1 Å². The normalized spacial score (nSPS) is 10.2. The molecule has 66 valence electrons. The molecule has 1 aromatic carbocycles. The second-order valence-corrected chi connectivity index (χ2v) is 3.13. The van der Waals surface area contributed by atoms with Crippen molar-refractivity contribution in [3.05, 3.63) is 28.2 Å². The lowest BCUT2D eigenvalue weighted by molar-refractivity contribution is 0.0443. The van der Waals surface area contributed by atoms with Gasteiger partial charge in [-0.2, -0.15) is 0 Å². The third-order valence-corrected chi connectivity index (χ3v) is 2.06. The molecule has 0 aromatic heterocycles. The lowest BCUT2D eigenvalue weighted by Gasteiger charge is -2.03. The van der Waals surface area contributed by atoms with Gasteiger partial charge in [-0.25, -0.2) is 5.48 Å². The molecule has 0 fully saturated rings. The Bertz CT molecular complexity index is 265. The number of hydrogen-bond acceptors (Lipinski definition) is 3. The number of benzene rings is 1. The van der Waals surface area contributed by atoms with Gasteiger partial charge in [0, 0.05) is 7.05 Å². The number of aromatic hydroxyl groups is 1.